The fourth-order valence-electron chi connectivity index (χ4n) is 4.31. The molecule has 1 atom stereocenters. The number of hydrogen-bond acceptors (Lipinski definition) is 4. The topological polar surface area (TPSA) is 39.9 Å². The number of halogens is 2. The van der Waals surface area contributed by atoms with E-state index in [-0.39, 0.29) is 17.8 Å². The van der Waals surface area contributed by atoms with Gasteiger partial charge in [0.1, 0.15) is 11.3 Å². The zero-order valence-electron chi connectivity index (χ0n) is 15.4. The van der Waals surface area contributed by atoms with Crippen molar-refractivity contribution >= 4 is 48.5 Å². The molecule has 144 valence electrons. The summed E-state index contributed by atoms with van der Waals surface area (Å²) < 4.78 is 24.9. The van der Waals surface area contributed by atoms with Gasteiger partial charge in [-0.2, -0.15) is 0 Å². The normalized spacial score (nSPS) is 16.8. The summed E-state index contributed by atoms with van der Waals surface area (Å²) in [6.45, 7) is 3.50. The number of aryl methyl sites for hydroxylation is 1. The van der Waals surface area contributed by atoms with Crippen LogP contribution in [-0.2, 0) is 4.74 Å². The van der Waals surface area contributed by atoms with Gasteiger partial charge in [-0.15, -0.1) is 11.3 Å². The molecule has 0 aliphatic carbocycles. The van der Waals surface area contributed by atoms with Crippen LogP contribution in [0.5, 0.6) is 0 Å². The molecule has 4 aromatic heterocycles. The van der Waals surface area contributed by atoms with Crippen molar-refractivity contribution < 1.29 is 9.13 Å². The van der Waals surface area contributed by atoms with Gasteiger partial charge in [0.2, 0.25) is 0 Å². The molecule has 5 heterocycles. The van der Waals surface area contributed by atoms with E-state index >= 15 is 0 Å². The predicted molar refractivity (Wildman–Crippen MR) is 113 cm³/mol. The summed E-state index contributed by atoms with van der Waals surface area (Å²) in [5, 5.41) is 2.15. The highest BCUT2D eigenvalue weighted by atomic mass is 79.9. The van der Waals surface area contributed by atoms with Crippen molar-refractivity contribution in [1.29, 1.82) is 0 Å². The highest BCUT2D eigenvalue weighted by Crippen LogP contribution is 2.43. The molecule has 1 unspecified atom stereocenters. The number of rotatable bonds is 3. The van der Waals surface area contributed by atoms with Crippen LogP contribution in [0, 0.1) is 18.7 Å². The van der Waals surface area contributed by atoms with Crippen molar-refractivity contribution in [2.45, 2.75) is 25.8 Å². The standard InChI is InChI=1S/C21H19BrFN3OS/c1-12-11-28-21-18-16(9-14(22)10-25-18)26(19(12)21)20(13-4-7-27-8-5-13)17-15(23)3-2-6-24-17/h2-3,6,9-11,13,20H,4-5,7-8H2,1H3. The van der Waals surface area contributed by atoms with Crippen LogP contribution in [0.15, 0.2) is 40.4 Å². The molecule has 1 aliphatic heterocycles. The lowest BCUT2D eigenvalue weighted by Gasteiger charge is -2.32. The van der Waals surface area contributed by atoms with Gasteiger partial charge in [0.25, 0.3) is 0 Å². The molecule has 0 spiro atoms. The molecule has 28 heavy (non-hydrogen) atoms. The van der Waals surface area contributed by atoms with E-state index in [1.807, 2.05) is 6.20 Å². The zero-order valence-corrected chi connectivity index (χ0v) is 17.8. The fraction of sp³-hybridized carbons (Fsp3) is 0.333. The maximum atomic E-state index is 15.0. The number of ether oxygens (including phenoxy) is 1. The van der Waals surface area contributed by atoms with E-state index in [4.69, 9.17) is 9.72 Å². The molecule has 4 aromatic rings. The molecule has 0 N–H and O–H groups in total. The van der Waals surface area contributed by atoms with Crippen molar-refractivity contribution in [2.24, 2.45) is 5.92 Å². The highest BCUT2D eigenvalue weighted by Gasteiger charge is 2.33. The molecule has 1 saturated heterocycles. The summed E-state index contributed by atoms with van der Waals surface area (Å²) in [6, 6.07) is 5.04. The first-order valence-corrected chi connectivity index (χ1v) is 11.0. The van der Waals surface area contributed by atoms with Crippen LogP contribution in [0.4, 0.5) is 4.39 Å². The Kier molecular flexibility index (Phi) is 4.69. The minimum Gasteiger partial charge on any atom is -0.381 e. The first-order valence-electron chi connectivity index (χ1n) is 9.36. The summed E-state index contributed by atoms with van der Waals surface area (Å²) in [5.74, 6) is -0.0138. The van der Waals surface area contributed by atoms with Crippen LogP contribution in [0.25, 0.3) is 21.3 Å². The fourth-order valence-corrected chi connectivity index (χ4v) is 5.67. The van der Waals surface area contributed by atoms with Crippen LogP contribution >= 0.6 is 27.3 Å². The van der Waals surface area contributed by atoms with E-state index in [0.29, 0.717) is 18.9 Å². The Morgan fingerprint density at radius 3 is 2.93 bits per heavy atom. The number of thiophene rings is 1. The van der Waals surface area contributed by atoms with Crippen LogP contribution in [0.3, 0.4) is 0 Å². The number of pyridine rings is 2. The average molecular weight is 460 g/mol. The number of fused-ring (bicyclic) bond motifs is 3. The smallest absolute Gasteiger partial charge is 0.146 e. The van der Waals surface area contributed by atoms with E-state index < -0.39 is 0 Å². The number of aromatic nitrogens is 3. The zero-order chi connectivity index (χ0) is 19.3. The van der Waals surface area contributed by atoms with Crippen LogP contribution < -0.4 is 0 Å². The summed E-state index contributed by atoms with van der Waals surface area (Å²) in [6.07, 6.45) is 5.27. The van der Waals surface area contributed by atoms with Crippen molar-refractivity contribution in [1.82, 2.24) is 14.5 Å². The maximum Gasteiger partial charge on any atom is 0.146 e. The average Bonchev–Trinajstić information content (AvgIpc) is 3.23. The third-order valence-electron chi connectivity index (χ3n) is 5.55. The molecule has 5 rings (SSSR count). The van der Waals surface area contributed by atoms with Crippen molar-refractivity contribution in [3.63, 3.8) is 0 Å². The molecule has 0 aromatic carbocycles. The third-order valence-corrected chi connectivity index (χ3v) is 7.08. The SMILES string of the molecule is Cc1csc2c3ncc(Br)cc3n(C(c3ncccc3F)C3CCOCC3)c12. The Bertz CT molecular complexity index is 1170. The van der Waals surface area contributed by atoms with E-state index in [0.717, 1.165) is 38.6 Å². The number of nitrogens with zero attached hydrogens (tertiary/aromatic N) is 3. The summed E-state index contributed by atoms with van der Waals surface area (Å²) in [5.41, 5.74) is 4.79. The monoisotopic (exact) mass is 459 g/mol. The van der Waals surface area contributed by atoms with Crippen LogP contribution in [0.2, 0.25) is 0 Å². The molecule has 0 saturated carbocycles. The molecule has 1 fully saturated rings. The largest absolute Gasteiger partial charge is 0.381 e. The second-order valence-corrected chi connectivity index (χ2v) is 9.05. The highest BCUT2D eigenvalue weighted by molar-refractivity contribution is 9.10. The molecule has 7 heteroatoms. The summed E-state index contributed by atoms with van der Waals surface area (Å²) >= 11 is 5.26. The first kappa shape index (κ1) is 18.2. The van der Waals surface area contributed by atoms with Crippen molar-refractivity contribution in [2.75, 3.05) is 13.2 Å². The molecular weight excluding hydrogens is 441 g/mol. The van der Waals surface area contributed by atoms with Gasteiger partial charge in [-0.25, -0.2) is 4.39 Å². The Morgan fingerprint density at radius 1 is 1.32 bits per heavy atom. The van der Waals surface area contributed by atoms with Crippen LogP contribution in [-0.4, -0.2) is 27.7 Å². The Morgan fingerprint density at radius 2 is 2.14 bits per heavy atom. The van der Waals surface area contributed by atoms with Crippen molar-refractivity contribution in [3.8, 4) is 0 Å². The quantitative estimate of drug-likeness (QED) is 0.384. The third kappa shape index (κ3) is 2.88. The Labute approximate surface area is 174 Å². The van der Waals surface area contributed by atoms with Gasteiger partial charge in [-0.1, -0.05) is 0 Å². The number of hydrogen-bond donors (Lipinski definition) is 0. The van der Waals surface area contributed by atoms with E-state index in [9.17, 15) is 4.39 Å². The molecular formula is C21H19BrFN3OS. The molecule has 0 amide bonds. The lowest BCUT2D eigenvalue weighted by molar-refractivity contribution is 0.0543. The minimum absolute atomic E-state index is 0.200. The first-order chi connectivity index (χ1) is 13.6. The van der Waals surface area contributed by atoms with Gasteiger partial charge in [0, 0.05) is 30.1 Å². The minimum atomic E-state index is -0.259. The van der Waals surface area contributed by atoms with Gasteiger partial charge in [0.05, 0.1) is 27.5 Å². The van der Waals surface area contributed by atoms with Gasteiger partial charge < -0.3 is 9.30 Å². The van der Waals surface area contributed by atoms with Gasteiger partial charge >= 0.3 is 0 Å². The molecule has 1 aliphatic rings. The molecule has 0 bridgehead atoms. The Balaban J connectivity index is 1.85. The maximum absolute atomic E-state index is 15.0. The summed E-state index contributed by atoms with van der Waals surface area (Å²) in [4.78, 5) is 9.18. The van der Waals surface area contributed by atoms with Crippen LogP contribution in [0.1, 0.15) is 30.1 Å². The van der Waals surface area contributed by atoms with Gasteiger partial charge in [-0.3, -0.25) is 9.97 Å². The van der Waals surface area contributed by atoms with Gasteiger partial charge in [-0.05, 0) is 70.8 Å². The second-order valence-electron chi connectivity index (χ2n) is 7.25. The second kappa shape index (κ2) is 7.21. The lowest BCUT2D eigenvalue weighted by Crippen LogP contribution is -2.28. The predicted octanol–water partition coefficient (Wildman–Crippen LogP) is 5.87. The van der Waals surface area contributed by atoms with E-state index in [1.54, 1.807) is 23.6 Å². The molecule has 0 radical (unpaired) electrons. The van der Waals surface area contributed by atoms with E-state index in [2.05, 4.69) is 43.9 Å². The summed E-state index contributed by atoms with van der Waals surface area (Å²) in [7, 11) is 0. The Hall–Kier alpha value is -1.83. The van der Waals surface area contributed by atoms with E-state index in [1.165, 1.54) is 11.6 Å². The van der Waals surface area contributed by atoms with Gasteiger partial charge in [0.15, 0.2) is 0 Å². The molecule has 4 nitrogen and oxygen atoms in total. The van der Waals surface area contributed by atoms with Crippen molar-refractivity contribution in [3.05, 3.63) is 57.5 Å². The lowest BCUT2D eigenvalue weighted by atomic mass is 9.88.